The Morgan fingerprint density at radius 1 is 0.829 bits per heavy atom. The first-order valence-corrected chi connectivity index (χ1v) is 13.0. The first-order chi connectivity index (χ1) is 17.0. The van der Waals surface area contributed by atoms with E-state index in [4.69, 9.17) is 4.99 Å². The van der Waals surface area contributed by atoms with Crippen LogP contribution in [0.25, 0.3) is 23.9 Å². The molecule has 1 N–H and O–H groups in total. The van der Waals surface area contributed by atoms with E-state index in [-0.39, 0.29) is 5.75 Å². The Hall–Kier alpha value is -4.23. The Balaban J connectivity index is 1.60. The standard InChI is InChI=1S/C28H22N4O2S/c1-2-35(33,34)28-6-4-3-5-27(28)32-18-19-13-20-7-8-21(29-20)15-22-9-10-23(30-22)16-24-11-12-25(31-24)17-26(32)14-19/h3-18,29H,2H2,1H3. The van der Waals surface area contributed by atoms with E-state index in [0.29, 0.717) is 10.6 Å². The average molecular weight is 479 g/mol. The van der Waals surface area contributed by atoms with Crippen molar-refractivity contribution in [1.82, 2.24) is 9.55 Å². The van der Waals surface area contributed by atoms with Crippen LogP contribution in [0.5, 0.6) is 0 Å². The summed E-state index contributed by atoms with van der Waals surface area (Å²) in [5.74, 6) is 0.0337. The van der Waals surface area contributed by atoms with Crippen LogP contribution in [0, 0.1) is 0 Å². The second-order valence-electron chi connectivity index (χ2n) is 8.48. The molecule has 7 heteroatoms. The maximum Gasteiger partial charge on any atom is 0.180 e. The summed E-state index contributed by atoms with van der Waals surface area (Å²) >= 11 is 0. The summed E-state index contributed by atoms with van der Waals surface area (Å²) in [6, 6.07) is 13.2. The number of benzene rings is 1. The fourth-order valence-corrected chi connectivity index (χ4v) is 5.41. The van der Waals surface area contributed by atoms with Gasteiger partial charge >= 0.3 is 0 Å². The number of sulfone groups is 1. The predicted octanol–water partition coefficient (Wildman–Crippen LogP) is 3.47. The van der Waals surface area contributed by atoms with E-state index in [0.717, 1.165) is 44.8 Å². The molecule has 0 aliphatic carbocycles. The molecule has 6 rings (SSSR count). The van der Waals surface area contributed by atoms with Crippen LogP contribution in [0.2, 0.25) is 0 Å². The molecule has 0 unspecified atom stereocenters. The summed E-state index contributed by atoms with van der Waals surface area (Å²) < 4.78 is 27.7. The van der Waals surface area contributed by atoms with Crippen LogP contribution in [0.3, 0.4) is 0 Å². The molecule has 0 atom stereocenters. The molecule has 0 saturated heterocycles. The molecule has 2 aromatic heterocycles. The lowest BCUT2D eigenvalue weighted by molar-refractivity contribution is 0.596. The van der Waals surface area contributed by atoms with Gasteiger partial charge in [-0.25, -0.2) is 18.4 Å². The molecule has 8 bridgehead atoms. The topological polar surface area (TPSA) is 79.6 Å². The highest BCUT2D eigenvalue weighted by atomic mass is 32.2. The molecule has 1 aromatic carbocycles. The Labute approximate surface area is 203 Å². The number of allylic oxidation sites excluding steroid dienone is 5. The largest absolute Gasteiger partial charge is 0.355 e. The Bertz CT molecular complexity index is 1790. The van der Waals surface area contributed by atoms with E-state index in [9.17, 15) is 8.42 Å². The number of aromatic amines is 1. The number of aromatic nitrogens is 2. The summed E-state index contributed by atoms with van der Waals surface area (Å²) in [5, 5.41) is 1.89. The fourth-order valence-electron chi connectivity index (χ4n) is 4.32. The zero-order valence-corrected chi connectivity index (χ0v) is 19.8. The number of hydrogen-bond acceptors (Lipinski definition) is 4. The van der Waals surface area contributed by atoms with E-state index in [1.807, 2.05) is 89.7 Å². The molecule has 0 saturated carbocycles. The van der Waals surface area contributed by atoms with Gasteiger partial charge in [0, 0.05) is 22.6 Å². The van der Waals surface area contributed by atoms with Gasteiger partial charge in [-0.15, -0.1) is 0 Å². The van der Waals surface area contributed by atoms with E-state index in [2.05, 4.69) is 9.98 Å². The number of para-hydroxylation sites is 1. The molecule has 0 spiro atoms. The molecule has 0 amide bonds. The van der Waals surface area contributed by atoms with Gasteiger partial charge < -0.3 is 9.55 Å². The number of nitrogens with one attached hydrogen (secondary N) is 1. The van der Waals surface area contributed by atoms with Crippen LogP contribution in [0.1, 0.15) is 18.2 Å². The van der Waals surface area contributed by atoms with Crippen molar-refractivity contribution in [3.05, 3.63) is 112 Å². The molecule has 6 nitrogen and oxygen atoms in total. The first-order valence-electron chi connectivity index (χ1n) is 11.4. The number of nitrogens with zero attached hydrogens (tertiary/aromatic N) is 3. The van der Waals surface area contributed by atoms with E-state index in [1.165, 1.54) is 0 Å². The average Bonchev–Trinajstić information content (AvgIpc) is 3.64. The number of hydrogen-bond donors (Lipinski definition) is 1. The fraction of sp³-hybridized carbons (Fsp3) is 0.0714. The van der Waals surface area contributed by atoms with Crippen LogP contribution in [-0.4, -0.2) is 35.1 Å². The highest BCUT2D eigenvalue weighted by Gasteiger charge is 2.19. The lowest BCUT2D eigenvalue weighted by Crippen LogP contribution is -2.10. The third-order valence-electron chi connectivity index (χ3n) is 6.03. The van der Waals surface area contributed by atoms with Crippen molar-refractivity contribution >= 4 is 39.5 Å². The van der Waals surface area contributed by atoms with Crippen molar-refractivity contribution in [2.75, 3.05) is 5.75 Å². The minimum absolute atomic E-state index is 0.0337. The first kappa shape index (κ1) is 21.3. The number of fused-ring (bicyclic) bond motifs is 6. The molecule has 0 radical (unpaired) electrons. The molecule has 0 fully saturated rings. The van der Waals surface area contributed by atoms with Crippen LogP contribution >= 0.6 is 0 Å². The van der Waals surface area contributed by atoms with Gasteiger partial charge in [0.15, 0.2) is 9.84 Å². The van der Waals surface area contributed by atoms with E-state index < -0.39 is 9.84 Å². The lowest BCUT2D eigenvalue weighted by Gasteiger charge is -2.12. The normalized spacial score (nSPS) is 16.3. The smallest absolute Gasteiger partial charge is 0.180 e. The summed E-state index contributed by atoms with van der Waals surface area (Å²) in [4.78, 5) is 13.1. The number of H-pyrrole nitrogens is 1. The Morgan fingerprint density at radius 2 is 1.51 bits per heavy atom. The lowest BCUT2D eigenvalue weighted by atomic mass is 10.2. The summed E-state index contributed by atoms with van der Waals surface area (Å²) in [6.45, 7) is 1.66. The molecular formula is C28H22N4O2S. The van der Waals surface area contributed by atoms with E-state index >= 15 is 0 Å². The van der Waals surface area contributed by atoms with Gasteiger partial charge in [-0.3, -0.25) is 0 Å². The van der Waals surface area contributed by atoms with Crippen molar-refractivity contribution in [1.29, 1.82) is 0 Å². The zero-order valence-electron chi connectivity index (χ0n) is 19.0. The van der Waals surface area contributed by atoms with Gasteiger partial charge in [0.1, 0.15) is 0 Å². The van der Waals surface area contributed by atoms with Crippen LogP contribution < -0.4 is 10.7 Å². The SMILES string of the molecule is CCS(=O)(=O)c1ccccc1-n1cc2cc1C=C1C=CC(=N1)C=C1C=CC(=N1)C=c1ccc([nH]1)=C2. The molecule has 3 aliphatic heterocycles. The van der Waals surface area contributed by atoms with Crippen LogP contribution in [-0.2, 0) is 9.84 Å². The second-order valence-corrected chi connectivity index (χ2v) is 10.7. The minimum atomic E-state index is -3.42. The molecule has 5 heterocycles. The third-order valence-corrected chi connectivity index (χ3v) is 7.80. The third kappa shape index (κ3) is 4.11. The Morgan fingerprint density at radius 3 is 2.29 bits per heavy atom. The monoisotopic (exact) mass is 478 g/mol. The highest BCUT2D eigenvalue weighted by molar-refractivity contribution is 7.91. The number of aliphatic imine (C=N–C) groups is 2. The summed E-state index contributed by atoms with van der Waals surface area (Å²) in [5.41, 5.74) is 5.70. The van der Waals surface area contributed by atoms with Crippen molar-refractivity contribution in [3.63, 3.8) is 0 Å². The van der Waals surface area contributed by atoms with Crippen LogP contribution in [0.15, 0.2) is 105 Å². The van der Waals surface area contributed by atoms with Crippen molar-refractivity contribution in [3.8, 4) is 5.69 Å². The Kier molecular flexibility index (Phi) is 5.00. The molecular weight excluding hydrogens is 456 g/mol. The van der Waals surface area contributed by atoms with Crippen molar-refractivity contribution in [2.45, 2.75) is 11.8 Å². The highest BCUT2D eigenvalue weighted by Crippen LogP contribution is 2.27. The van der Waals surface area contributed by atoms with Gasteiger partial charge in [-0.05, 0) is 84.5 Å². The quantitative estimate of drug-likeness (QED) is 0.626. The molecule has 3 aliphatic rings. The summed E-state index contributed by atoms with van der Waals surface area (Å²) in [6.07, 6.45) is 17.8. The zero-order chi connectivity index (χ0) is 24.0. The van der Waals surface area contributed by atoms with Crippen molar-refractivity contribution in [2.24, 2.45) is 9.98 Å². The van der Waals surface area contributed by atoms with Gasteiger partial charge in [0.2, 0.25) is 0 Å². The maximum absolute atomic E-state index is 12.9. The van der Waals surface area contributed by atoms with Gasteiger partial charge in [-0.1, -0.05) is 19.1 Å². The minimum Gasteiger partial charge on any atom is -0.355 e. The van der Waals surface area contributed by atoms with E-state index in [1.54, 1.807) is 19.1 Å². The molecule has 3 aromatic rings. The molecule has 35 heavy (non-hydrogen) atoms. The van der Waals surface area contributed by atoms with Gasteiger partial charge in [0.25, 0.3) is 0 Å². The maximum atomic E-state index is 12.9. The summed E-state index contributed by atoms with van der Waals surface area (Å²) in [7, 11) is -3.42. The number of rotatable bonds is 3. The predicted molar refractivity (Wildman–Crippen MR) is 141 cm³/mol. The molecule has 172 valence electrons. The van der Waals surface area contributed by atoms with Gasteiger partial charge in [0.05, 0.1) is 39.2 Å². The second kappa shape index (κ2) is 8.21. The van der Waals surface area contributed by atoms with Gasteiger partial charge in [-0.2, -0.15) is 0 Å². The van der Waals surface area contributed by atoms with Crippen molar-refractivity contribution < 1.29 is 8.42 Å². The van der Waals surface area contributed by atoms with Crippen LogP contribution in [0.4, 0.5) is 0 Å².